The molecule has 1 saturated heterocycles. The van der Waals surface area contributed by atoms with E-state index in [1.165, 1.54) is 0 Å². The van der Waals surface area contributed by atoms with Crippen molar-refractivity contribution in [1.29, 1.82) is 0 Å². The molecule has 19 heavy (non-hydrogen) atoms. The Kier molecular flexibility index (Phi) is 3.62. The van der Waals surface area contributed by atoms with Gasteiger partial charge in [-0.1, -0.05) is 20.8 Å². The van der Waals surface area contributed by atoms with Crippen molar-refractivity contribution in [3.8, 4) is 0 Å². The molecule has 0 aliphatic carbocycles. The van der Waals surface area contributed by atoms with Crippen LogP contribution < -0.4 is 0 Å². The number of H-pyrrole nitrogens is 1. The summed E-state index contributed by atoms with van der Waals surface area (Å²) >= 11 is 0. The summed E-state index contributed by atoms with van der Waals surface area (Å²) in [6.45, 7) is 11.2. The van der Waals surface area contributed by atoms with Crippen molar-refractivity contribution in [1.82, 2.24) is 20.1 Å². The SMILES string of the molecule is CC1CN(C(=O)c2n[nH]c(C(C)(C)C)n2)C(C)CO1. The summed E-state index contributed by atoms with van der Waals surface area (Å²) in [6.07, 6.45) is 0.0566. The standard InChI is InChI=1S/C13H22N4O2/c1-8-7-19-9(2)6-17(8)11(18)10-14-12(16-15-10)13(3,4)5/h8-9H,6-7H2,1-5H3,(H,14,15,16). The summed E-state index contributed by atoms with van der Waals surface area (Å²) in [5.74, 6) is 0.838. The highest BCUT2D eigenvalue weighted by molar-refractivity contribution is 5.90. The first-order valence-corrected chi connectivity index (χ1v) is 6.64. The van der Waals surface area contributed by atoms with Crippen molar-refractivity contribution in [3.05, 3.63) is 11.6 Å². The van der Waals surface area contributed by atoms with Gasteiger partial charge < -0.3 is 9.64 Å². The second kappa shape index (κ2) is 4.92. The van der Waals surface area contributed by atoms with Gasteiger partial charge in [0, 0.05) is 12.0 Å². The van der Waals surface area contributed by atoms with Crippen molar-refractivity contribution < 1.29 is 9.53 Å². The first-order chi connectivity index (χ1) is 8.79. The number of hydrogen-bond acceptors (Lipinski definition) is 4. The van der Waals surface area contributed by atoms with E-state index in [1.807, 2.05) is 34.6 Å². The van der Waals surface area contributed by atoms with Crippen LogP contribution in [0.25, 0.3) is 0 Å². The lowest BCUT2D eigenvalue weighted by molar-refractivity contribution is -0.0391. The molecule has 1 fully saturated rings. The molecule has 1 aliphatic rings. The van der Waals surface area contributed by atoms with Crippen LogP contribution in [0.5, 0.6) is 0 Å². The van der Waals surface area contributed by atoms with Crippen LogP contribution in [0.4, 0.5) is 0 Å². The van der Waals surface area contributed by atoms with Crippen LogP contribution >= 0.6 is 0 Å². The quantitative estimate of drug-likeness (QED) is 0.833. The highest BCUT2D eigenvalue weighted by Crippen LogP contribution is 2.19. The van der Waals surface area contributed by atoms with Gasteiger partial charge in [-0.15, -0.1) is 5.10 Å². The van der Waals surface area contributed by atoms with Gasteiger partial charge in [0.25, 0.3) is 5.91 Å². The summed E-state index contributed by atoms with van der Waals surface area (Å²) in [7, 11) is 0. The first-order valence-electron chi connectivity index (χ1n) is 6.64. The maximum Gasteiger partial charge on any atom is 0.293 e. The minimum absolute atomic E-state index is 0.0558. The fourth-order valence-corrected chi connectivity index (χ4v) is 2.01. The van der Waals surface area contributed by atoms with Gasteiger partial charge in [0.15, 0.2) is 0 Å². The third kappa shape index (κ3) is 2.94. The third-order valence-electron chi connectivity index (χ3n) is 3.26. The molecule has 1 aromatic rings. The zero-order chi connectivity index (χ0) is 14.2. The van der Waals surface area contributed by atoms with Crippen LogP contribution in [-0.4, -0.2) is 51.3 Å². The van der Waals surface area contributed by atoms with Gasteiger partial charge in [0.2, 0.25) is 5.82 Å². The van der Waals surface area contributed by atoms with E-state index < -0.39 is 0 Å². The fraction of sp³-hybridized carbons (Fsp3) is 0.769. The average molecular weight is 266 g/mol. The number of aromatic nitrogens is 3. The number of morpholine rings is 1. The second-order valence-corrected chi connectivity index (χ2v) is 6.21. The van der Waals surface area contributed by atoms with Crippen molar-refractivity contribution in [2.75, 3.05) is 13.2 Å². The monoisotopic (exact) mass is 266 g/mol. The number of hydrogen-bond donors (Lipinski definition) is 1. The number of rotatable bonds is 1. The Morgan fingerprint density at radius 1 is 1.42 bits per heavy atom. The topological polar surface area (TPSA) is 71.1 Å². The zero-order valence-electron chi connectivity index (χ0n) is 12.2. The first kappa shape index (κ1) is 14.0. The number of ether oxygens (including phenoxy) is 1. The minimum Gasteiger partial charge on any atom is -0.375 e. The Bertz CT molecular complexity index is 463. The van der Waals surface area contributed by atoms with Crippen molar-refractivity contribution in [3.63, 3.8) is 0 Å². The van der Waals surface area contributed by atoms with Crippen molar-refractivity contribution in [2.24, 2.45) is 0 Å². The smallest absolute Gasteiger partial charge is 0.293 e. The number of nitrogens with zero attached hydrogens (tertiary/aromatic N) is 3. The lowest BCUT2D eigenvalue weighted by Crippen LogP contribution is -2.50. The Morgan fingerprint density at radius 3 is 2.68 bits per heavy atom. The van der Waals surface area contributed by atoms with Gasteiger partial charge in [-0.2, -0.15) is 0 Å². The molecule has 1 N–H and O–H groups in total. The van der Waals surface area contributed by atoms with E-state index in [-0.39, 0.29) is 29.3 Å². The molecule has 1 amide bonds. The Balaban J connectivity index is 2.17. The molecule has 2 rings (SSSR count). The Hall–Kier alpha value is -1.43. The van der Waals surface area contributed by atoms with E-state index in [1.54, 1.807) is 4.90 Å². The molecule has 0 bridgehead atoms. The molecule has 2 unspecified atom stereocenters. The molecule has 0 saturated carbocycles. The van der Waals surface area contributed by atoms with E-state index in [4.69, 9.17) is 4.74 Å². The van der Waals surface area contributed by atoms with Crippen LogP contribution in [0.1, 0.15) is 51.1 Å². The minimum atomic E-state index is -0.143. The predicted molar refractivity (Wildman–Crippen MR) is 71.0 cm³/mol. The zero-order valence-corrected chi connectivity index (χ0v) is 12.2. The van der Waals surface area contributed by atoms with Gasteiger partial charge in [0.05, 0.1) is 18.8 Å². The van der Waals surface area contributed by atoms with Gasteiger partial charge >= 0.3 is 0 Å². The maximum absolute atomic E-state index is 12.4. The summed E-state index contributed by atoms with van der Waals surface area (Å²) in [6, 6.07) is 0.0558. The van der Waals surface area contributed by atoms with Crippen LogP contribution in [0, 0.1) is 0 Å². The molecule has 1 aromatic heterocycles. The van der Waals surface area contributed by atoms with E-state index >= 15 is 0 Å². The third-order valence-corrected chi connectivity index (χ3v) is 3.26. The average Bonchev–Trinajstić information content (AvgIpc) is 2.80. The van der Waals surface area contributed by atoms with Crippen LogP contribution in [0.2, 0.25) is 0 Å². The number of carbonyl (C=O) groups is 1. The number of amides is 1. The molecule has 0 aromatic carbocycles. The fourth-order valence-electron chi connectivity index (χ4n) is 2.01. The van der Waals surface area contributed by atoms with Gasteiger partial charge in [-0.25, -0.2) is 4.98 Å². The maximum atomic E-state index is 12.4. The van der Waals surface area contributed by atoms with Gasteiger partial charge in [0.1, 0.15) is 5.82 Å². The lowest BCUT2D eigenvalue weighted by atomic mass is 9.96. The highest BCUT2D eigenvalue weighted by Gasteiger charge is 2.31. The molecular weight excluding hydrogens is 244 g/mol. The molecule has 6 heteroatoms. The van der Waals surface area contributed by atoms with Crippen LogP contribution in [0.3, 0.4) is 0 Å². The number of nitrogens with one attached hydrogen (secondary N) is 1. The van der Waals surface area contributed by atoms with Crippen molar-refractivity contribution in [2.45, 2.75) is 52.2 Å². The predicted octanol–water partition coefficient (Wildman–Crippen LogP) is 1.35. The van der Waals surface area contributed by atoms with E-state index in [2.05, 4.69) is 15.2 Å². The summed E-state index contributed by atoms with van der Waals surface area (Å²) in [5.41, 5.74) is -0.143. The van der Waals surface area contributed by atoms with Gasteiger partial charge in [-0.3, -0.25) is 9.89 Å². The molecule has 106 valence electrons. The van der Waals surface area contributed by atoms with Crippen molar-refractivity contribution >= 4 is 5.91 Å². The number of aromatic amines is 1. The van der Waals surface area contributed by atoms with E-state index in [0.717, 1.165) is 5.82 Å². The molecule has 0 radical (unpaired) electrons. The summed E-state index contributed by atoms with van der Waals surface area (Å²) in [5, 5.41) is 6.90. The molecule has 6 nitrogen and oxygen atoms in total. The summed E-state index contributed by atoms with van der Waals surface area (Å²) in [4.78, 5) is 18.5. The van der Waals surface area contributed by atoms with E-state index in [9.17, 15) is 4.79 Å². The number of carbonyl (C=O) groups excluding carboxylic acids is 1. The normalized spacial score (nSPS) is 24.6. The molecule has 2 heterocycles. The molecular formula is C13H22N4O2. The second-order valence-electron chi connectivity index (χ2n) is 6.21. The highest BCUT2D eigenvalue weighted by atomic mass is 16.5. The van der Waals surface area contributed by atoms with Crippen LogP contribution in [0.15, 0.2) is 0 Å². The van der Waals surface area contributed by atoms with Gasteiger partial charge in [-0.05, 0) is 13.8 Å². The van der Waals surface area contributed by atoms with Crippen LogP contribution in [-0.2, 0) is 10.2 Å². The molecule has 0 spiro atoms. The lowest BCUT2D eigenvalue weighted by Gasteiger charge is -2.36. The summed E-state index contributed by atoms with van der Waals surface area (Å²) < 4.78 is 5.52. The largest absolute Gasteiger partial charge is 0.375 e. The molecule has 1 aliphatic heterocycles. The molecule has 2 atom stereocenters. The Morgan fingerprint density at radius 2 is 2.11 bits per heavy atom. The van der Waals surface area contributed by atoms with E-state index in [0.29, 0.717) is 13.2 Å². The Labute approximate surface area is 113 Å².